The van der Waals surface area contributed by atoms with E-state index >= 15 is 0 Å². The van der Waals surface area contributed by atoms with Crippen LogP contribution in [0.5, 0.6) is 0 Å². The Kier molecular flexibility index (Phi) is 3.33. The summed E-state index contributed by atoms with van der Waals surface area (Å²) >= 11 is 0. The Bertz CT molecular complexity index is 924. The standard InChI is InChI=1S/C16H19N7O/c1-10(2)14-20-19-13-9-21(6-7-22(13)14)16(24)12-8-17-23-5-4-11(3)18-15(12)23/h4-5,8,10H,6-7,9H2,1-3H3. The predicted molar refractivity (Wildman–Crippen MR) is 86.6 cm³/mol. The average Bonchev–Trinajstić information content (AvgIpc) is 3.17. The van der Waals surface area contributed by atoms with Gasteiger partial charge in [-0.05, 0) is 13.0 Å². The predicted octanol–water partition coefficient (Wildman–Crippen LogP) is 1.41. The third kappa shape index (κ3) is 2.26. The second-order valence-corrected chi connectivity index (χ2v) is 6.40. The Labute approximate surface area is 139 Å². The normalized spacial score (nSPS) is 14.4. The van der Waals surface area contributed by atoms with Crippen LogP contribution in [0.1, 0.15) is 47.5 Å². The molecule has 1 aliphatic heterocycles. The zero-order chi connectivity index (χ0) is 16.8. The van der Waals surface area contributed by atoms with Gasteiger partial charge in [-0.1, -0.05) is 13.8 Å². The maximum atomic E-state index is 12.9. The van der Waals surface area contributed by atoms with E-state index in [2.05, 4.69) is 38.7 Å². The molecule has 8 nitrogen and oxygen atoms in total. The van der Waals surface area contributed by atoms with Crippen molar-refractivity contribution in [2.24, 2.45) is 0 Å². The van der Waals surface area contributed by atoms with Gasteiger partial charge in [-0.15, -0.1) is 10.2 Å². The minimum absolute atomic E-state index is 0.0663. The first-order valence-electron chi connectivity index (χ1n) is 8.07. The summed E-state index contributed by atoms with van der Waals surface area (Å²) in [7, 11) is 0. The van der Waals surface area contributed by atoms with Crippen molar-refractivity contribution in [2.45, 2.75) is 39.8 Å². The highest BCUT2D eigenvalue weighted by Crippen LogP contribution is 2.20. The Morgan fingerprint density at radius 1 is 1.25 bits per heavy atom. The topological polar surface area (TPSA) is 81.2 Å². The number of carbonyl (C=O) groups excluding carboxylic acids is 1. The van der Waals surface area contributed by atoms with Crippen molar-refractivity contribution in [3.05, 3.63) is 41.4 Å². The molecule has 0 aromatic carbocycles. The summed E-state index contributed by atoms with van der Waals surface area (Å²) in [6.45, 7) is 7.91. The molecule has 8 heteroatoms. The Morgan fingerprint density at radius 3 is 2.88 bits per heavy atom. The average molecular weight is 325 g/mol. The fourth-order valence-corrected chi connectivity index (χ4v) is 3.06. The zero-order valence-electron chi connectivity index (χ0n) is 14.0. The van der Waals surface area contributed by atoms with Gasteiger partial charge in [0.2, 0.25) is 0 Å². The van der Waals surface area contributed by atoms with Crippen molar-refractivity contribution < 1.29 is 4.79 Å². The summed E-state index contributed by atoms with van der Waals surface area (Å²) in [5.41, 5.74) is 1.97. The van der Waals surface area contributed by atoms with Gasteiger partial charge >= 0.3 is 0 Å². The number of hydrogen-bond acceptors (Lipinski definition) is 5. The van der Waals surface area contributed by atoms with Crippen molar-refractivity contribution in [1.29, 1.82) is 0 Å². The van der Waals surface area contributed by atoms with Crippen molar-refractivity contribution in [3.8, 4) is 0 Å². The highest BCUT2D eigenvalue weighted by Gasteiger charge is 2.27. The van der Waals surface area contributed by atoms with Gasteiger partial charge in [0.25, 0.3) is 5.91 Å². The van der Waals surface area contributed by atoms with Gasteiger partial charge in [0.05, 0.1) is 12.7 Å². The molecule has 24 heavy (non-hydrogen) atoms. The zero-order valence-corrected chi connectivity index (χ0v) is 14.0. The van der Waals surface area contributed by atoms with Crippen LogP contribution in [0.25, 0.3) is 5.65 Å². The number of fused-ring (bicyclic) bond motifs is 2. The Hall–Kier alpha value is -2.77. The number of aryl methyl sites for hydroxylation is 1. The quantitative estimate of drug-likeness (QED) is 0.711. The summed E-state index contributed by atoms with van der Waals surface area (Å²) in [5.74, 6) is 2.06. The lowest BCUT2D eigenvalue weighted by atomic mass is 10.2. The van der Waals surface area contributed by atoms with Crippen molar-refractivity contribution >= 4 is 11.6 Å². The van der Waals surface area contributed by atoms with E-state index in [1.165, 1.54) is 0 Å². The van der Waals surface area contributed by atoms with Crippen molar-refractivity contribution in [3.63, 3.8) is 0 Å². The van der Waals surface area contributed by atoms with Gasteiger partial charge in [0.1, 0.15) is 11.4 Å². The van der Waals surface area contributed by atoms with Gasteiger partial charge in [0.15, 0.2) is 11.5 Å². The van der Waals surface area contributed by atoms with E-state index in [0.29, 0.717) is 36.8 Å². The van der Waals surface area contributed by atoms with Gasteiger partial charge in [-0.2, -0.15) is 5.10 Å². The minimum atomic E-state index is -0.0663. The van der Waals surface area contributed by atoms with E-state index < -0.39 is 0 Å². The number of aromatic nitrogens is 6. The maximum Gasteiger partial charge on any atom is 0.259 e. The van der Waals surface area contributed by atoms with Crippen LogP contribution in [0.4, 0.5) is 0 Å². The second-order valence-electron chi connectivity index (χ2n) is 6.40. The summed E-state index contributed by atoms with van der Waals surface area (Å²) in [6, 6.07) is 1.87. The molecule has 0 saturated heterocycles. The smallest absolute Gasteiger partial charge is 0.259 e. The van der Waals surface area contributed by atoms with Crippen LogP contribution in [-0.2, 0) is 13.1 Å². The molecule has 0 saturated carbocycles. The third-order valence-electron chi connectivity index (χ3n) is 4.32. The van der Waals surface area contributed by atoms with Crippen LogP contribution >= 0.6 is 0 Å². The first kappa shape index (κ1) is 14.8. The molecule has 4 rings (SSSR count). The molecule has 0 spiro atoms. The molecule has 0 aliphatic carbocycles. The van der Waals surface area contributed by atoms with E-state index in [0.717, 1.165) is 17.3 Å². The fourth-order valence-electron chi connectivity index (χ4n) is 3.06. The van der Waals surface area contributed by atoms with Gasteiger partial charge in [0, 0.05) is 30.9 Å². The number of rotatable bonds is 2. The number of amides is 1. The van der Waals surface area contributed by atoms with E-state index in [4.69, 9.17) is 0 Å². The van der Waals surface area contributed by atoms with E-state index in [1.807, 2.05) is 19.2 Å². The second kappa shape index (κ2) is 5.40. The van der Waals surface area contributed by atoms with Crippen LogP contribution in [0.15, 0.2) is 18.5 Å². The number of hydrogen-bond donors (Lipinski definition) is 0. The molecule has 0 bridgehead atoms. The van der Waals surface area contributed by atoms with Gasteiger partial charge in [-0.25, -0.2) is 9.50 Å². The molecule has 4 heterocycles. The first-order valence-corrected chi connectivity index (χ1v) is 8.07. The van der Waals surface area contributed by atoms with Crippen LogP contribution in [-0.4, -0.2) is 46.7 Å². The highest BCUT2D eigenvalue weighted by molar-refractivity contribution is 5.99. The molecular weight excluding hydrogens is 306 g/mol. The number of carbonyl (C=O) groups is 1. The highest BCUT2D eigenvalue weighted by atomic mass is 16.2. The van der Waals surface area contributed by atoms with Gasteiger partial charge in [-0.3, -0.25) is 4.79 Å². The molecule has 0 fully saturated rings. The SMILES string of the molecule is Cc1ccn2ncc(C(=O)N3CCn4c(nnc4C(C)C)C3)c2n1. The minimum Gasteiger partial charge on any atom is -0.329 e. The van der Waals surface area contributed by atoms with E-state index in [9.17, 15) is 4.79 Å². The molecular formula is C16H19N7O. The lowest BCUT2D eigenvalue weighted by Gasteiger charge is -2.28. The summed E-state index contributed by atoms with van der Waals surface area (Å²) < 4.78 is 3.75. The first-order chi connectivity index (χ1) is 11.5. The van der Waals surface area contributed by atoms with Crippen LogP contribution in [0, 0.1) is 6.92 Å². The molecule has 0 atom stereocenters. The van der Waals surface area contributed by atoms with E-state index in [1.54, 1.807) is 15.6 Å². The van der Waals surface area contributed by atoms with Crippen LogP contribution < -0.4 is 0 Å². The van der Waals surface area contributed by atoms with Crippen LogP contribution in [0.2, 0.25) is 0 Å². The molecule has 0 unspecified atom stereocenters. The molecule has 0 N–H and O–H groups in total. The molecule has 1 aliphatic rings. The largest absolute Gasteiger partial charge is 0.329 e. The summed E-state index contributed by atoms with van der Waals surface area (Å²) in [4.78, 5) is 19.1. The lowest BCUT2D eigenvalue weighted by Crippen LogP contribution is -2.38. The summed E-state index contributed by atoms with van der Waals surface area (Å²) in [6.07, 6.45) is 3.40. The summed E-state index contributed by atoms with van der Waals surface area (Å²) in [5, 5.41) is 12.7. The molecule has 3 aromatic rings. The molecule has 124 valence electrons. The lowest BCUT2D eigenvalue weighted by molar-refractivity contribution is 0.0708. The van der Waals surface area contributed by atoms with Crippen molar-refractivity contribution in [2.75, 3.05) is 6.54 Å². The Balaban J connectivity index is 1.64. The monoisotopic (exact) mass is 325 g/mol. The molecule has 3 aromatic heterocycles. The van der Waals surface area contributed by atoms with E-state index in [-0.39, 0.29) is 5.91 Å². The maximum absolute atomic E-state index is 12.9. The number of nitrogens with zero attached hydrogens (tertiary/aromatic N) is 7. The molecule has 0 radical (unpaired) electrons. The van der Waals surface area contributed by atoms with Crippen molar-refractivity contribution in [1.82, 2.24) is 34.3 Å². The molecule has 1 amide bonds. The fraction of sp³-hybridized carbons (Fsp3) is 0.438. The third-order valence-corrected chi connectivity index (χ3v) is 4.32. The Morgan fingerprint density at radius 2 is 2.08 bits per heavy atom. The van der Waals surface area contributed by atoms with Gasteiger partial charge < -0.3 is 9.47 Å². The van der Waals surface area contributed by atoms with Crippen LogP contribution in [0.3, 0.4) is 0 Å².